The minimum Gasteiger partial charge on any atom is -0.493 e. The molecule has 20 heavy (non-hydrogen) atoms. The summed E-state index contributed by atoms with van der Waals surface area (Å²) >= 11 is 6.25. The largest absolute Gasteiger partial charge is 0.493 e. The van der Waals surface area contributed by atoms with Gasteiger partial charge in [-0.15, -0.1) is 0 Å². The standard InChI is InChI=1S/C16H22ClNO2/c1-4-20-16-10(2)8-13(17)11(3)14(16)15(19)12-6-5-7-18-9-12/h8,12,18H,4-7,9H2,1-3H3. The molecule has 0 radical (unpaired) electrons. The van der Waals surface area contributed by atoms with Gasteiger partial charge < -0.3 is 10.1 Å². The molecule has 1 aliphatic heterocycles. The van der Waals surface area contributed by atoms with Crippen LogP contribution in [0.2, 0.25) is 5.02 Å². The van der Waals surface area contributed by atoms with Crippen molar-refractivity contribution in [1.82, 2.24) is 5.32 Å². The molecule has 1 saturated heterocycles. The van der Waals surface area contributed by atoms with Crippen LogP contribution in [0.1, 0.15) is 41.3 Å². The molecular formula is C16H22ClNO2. The average molecular weight is 296 g/mol. The van der Waals surface area contributed by atoms with Crippen molar-refractivity contribution in [3.8, 4) is 5.75 Å². The lowest BCUT2D eigenvalue weighted by molar-refractivity contribution is 0.0895. The molecule has 1 fully saturated rings. The molecule has 1 aromatic carbocycles. The summed E-state index contributed by atoms with van der Waals surface area (Å²) in [6, 6.07) is 1.87. The third-order valence-electron chi connectivity index (χ3n) is 3.86. The summed E-state index contributed by atoms with van der Waals surface area (Å²) in [4.78, 5) is 12.8. The smallest absolute Gasteiger partial charge is 0.171 e. The molecule has 1 N–H and O–H groups in total. The Labute approximate surface area is 125 Å². The van der Waals surface area contributed by atoms with E-state index in [1.54, 1.807) is 0 Å². The monoisotopic (exact) mass is 295 g/mol. The van der Waals surface area contributed by atoms with Gasteiger partial charge in [-0.05, 0) is 57.4 Å². The van der Waals surface area contributed by atoms with Gasteiger partial charge in [0, 0.05) is 17.5 Å². The molecule has 0 amide bonds. The third-order valence-corrected chi connectivity index (χ3v) is 4.26. The average Bonchev–Trinajstić information content (AvgIpc) is 2.45. The third kappa shape index (κ3) is 2.99. The zero-order chi connectivity index (χ0) is 14.7. The Balaban J connectivity index is 2.44. The second kappa shape index (κ2) is 6.59. The second-order valence-corrected chi connectivity index (χ2v) is 5.75. The van der Waals surface area contributed by atoms with Crippen molar-refractivity contribution >= 4 is 17.4 Å². The van der Waals surface area contributed by atoms with Crippen molar-refractivity contribution in [2.24, 2.45) is 5.92 Å². The molecule has 1 aromatic rings. The van der Waals surface area contributed by atoms with Gasteiger partial charge in [0.15, 0.2) is 5.78 Å². The lowest BCUT2D eigenvalue weighted by atomic mass is 9.87. The van der Waals surface area contributed by atoms with E-state index in [0.29, 0.717) is 22.9 Å². The van der Waals surface area contributed by atoms with Crippen molar-refractivity contribution < 1.29 is 9.53 Å². The Morgan fingerprint density at radius 2 is 2.25 bits per heavy atom. The van der Waals surface area contributed by atoms with Gasteiger partial charge in [0.1, 0.15) is 5.75 Å². The van der Waals surface area contributed by atoms with E-state index in [0.717, 1.165) is 37.1 Å². The first-order valence-corrected chi connectivity index (χ1v) is 7.61. The van der Waals surface area contributed by atoms with Crippen molar-refractivity contribution in [2.45, 2.75) is 33.6 Å². The van der Waals surface area contributed by atoms with Crippen LogP contribution in [0.4, 0.5) is 0 Å². The molecule has 0 saturated carbocycles. The van der Waals surface area contributed by atoms with Crippen LogP contribution >= 0.6 is 11.6 Å². The Bertz CT molecular complexity index is 508. The molecule has 4 heteroatoms. The minimum atomic E-state index is 0.0273. The zero-order valence-electron chi connectivity index (χ0n) is 12.4. The molecule has 0 aliphatic carbocycles. The predicted molar refractivity (Wildman–Crippen MR) is 82.0 cm³/mol. The maximum atomic E-state index is 12.8. The summed E-state index contributed by atoms with van der Waals surface area (Å²) in [5.41, 5.74) is 2.43. The van der Waals surface area contributed by atoms with Gasteiger partial charge in [-0.3, -0.25) is 4.79 Å². The molecule has 1 aliphatic rings. The van der Waals surface area contributed by atoms with Crippen molar-refractivity contribution in [3.63, 3.8) is 0 Å². The topological polar surface area (TPSA) is 38.3 Å². The lowest BCUT2D eigenvalue weighted by Crippen LogP contribution is -2.35. The van der Waals surface area contributed by atoms with Crippen LogP contribution in [0, 0.1) is 19.8 Å². The van der Waals surface area contributed by atoms with Crippen molar-refractivity contribution in [3.05, 3.63) is 27.8 Å². The number of Topliss-reactive ketones (excluding diaryl/α,β-unsaturated/α-hetero) is 1. The van der Waals surface area contributed by atoms with Gasteiger partial charge >= 0.3 is 0 Å². The van der Waals surface area contributed by atoms with Gasteiger partial charge in [-0.2, -0.15) is 0 Å². The first-order valence-electron chi connectivity index (χ1n) is 7.23. The summed E-state index contributed by atoms with van der Waals surface area (Å²) < 4.78 is 5.72. The number of ketones is 1. The summed E-state index contributed by atoms with van der Waals surface area (Å²) in [5.74, 6) is 0.883. The summed E-state index contributed by atoms with van der Waals surface area (Å²) in [7, 11) is 0. The number of benzene rings is 1. The number of hydrogen-bond donors (Lipinski definition) is 1. The Morgan fingerprint density at radius 3 is 2.85 bits per heavy atom. The van der Waals surface area contributed by atoms with E-state index in [9.17, 15) is 4.79 Å². The number of hydrogen-bond acceptors (Lipinski definition) is 3. The fraction of sp³-hybridized carbons (Fsp3) is 0.562. The number of aryl methyl sites for hydroxylation is 1. The molecule has 1 atom stereocenters. The van der Waals surface area contributed by atoms with E-state index >= 15 is 0 Å². The number of halogens is 1. The van der Waals surface area contributed by atoms with Crippen LogP contribution in [-0.4, -0.2) is 25.5 Å². The number of nitrogens with one attached hydrogen (secondary N) is 1. The quantitative estimate of drug-likeness (QED) is 0.864. The molecule has 3 nitrogen and oxygen atoms in total. The highest BCUT2D eigenvalue weighted by molar-refractivity contribution is 6.32. The van der Waals surface area contributed by atoms with Crippen LogP contribution in [0.3, 0.4) is 0 Å². The molecule has 0 spiro atoms. The number of piperidine rings is 1. The number of carbonyl (C=O) groups excluding carboxylic acids is 1. The highest BCUT2D eigenvalue weighted by Gasteiger charge is 2.28. The van der Waals surface area contributed by atoms with Gasteiger partial charge in [0.25, 0.3) is 0 Å². The van der Waals surface area contributed by atoms with Crippen LogP contribution < -0.4 is 10.1 Å². The fourth-order valence-corrected chi connectivity index (χ4v) is 3.02. The van der Waals surface area contributed by atoms with Gasteiger partial charge in [0.05, 0.1) is 12.2 Å². The molecule has 0 aromatic heterocycles. The lowest BCUT2D eigenvalue weighted by Gasteiger charge is -2.24. The number of carbonyl (C=O) groups is 1. The fourth-order valence-electron chi connectivity index (χ4n) is 2.76. The number of ether oxygens (including phenoxy) is 1. The van der Waals surface area contributed by atoms with E-state index in [1.165, 1.54) is 0 Å². The van der Waals surface area contributed by atoms with Crippen LogP contribution in [0.15, 0.2) is 6.07 Å². The maximum absolute atomic E-state index is 12.8. The predicted octanol–water partition coefficient (Wildman–Crippen LogP) is 3.54. The van der Waals surface area contributed by atoms with Gasteiger partial charge in [-0.1, -0.05) is 11.6 Å². The molecule has 1 unspecified atom stereocenters. The van der Waals surface area contributed by atoms with Crippen molar-refractivity contribution in [2.75, 3.05) is 19.7 Å². The molecular weight excluding hydrogens is 274 g/mol. The Hall–Kier alpha value is -1.06. The molecule has 1 heterocycles. The van der Waals surface area contributed by atoms with E-state index in [-0.39, 0.29) is 11.7 Å². The highest BCUT2D eigenvalue weighted by atomic mass is 35.5. The van der Waals surface area contributed by atoms with Crippen molar-refractivity contribution in [1.29, 1.82) is 0 Å². The molecule has 2 rings (SSSR count). The Kier molecular flexibility index (Phi) is 5.06. The van der Waals surface area contributed by atoms with E-state index in [4.69, 9.17) is 16.3 Å². The Morgan fingerprint density at radius 1 is 1.50 bits per heavy atom. The second-order valence-electron chi connectivity index (χ2n) is 5.34. The summed E-state index contributed by atoms with van der Waals surface area (Å²) in [6.07, 6.45) is 1.97. The SMILES string of the molecule is CCOc1c(C)cc(Cl)c(C)c1C(=O)C1CCCNC1. The normalized spacial score (nSPS) is 18.9. The number of rotatable bonds is 4. The highest BCUT2D eigenvalue weighted by Crippen LogP contribution is 2.34. The van der Waals surface area contributed by atoms with Crippen LogP contribution in [0.25, 0.3) is 0 Å². The van der Waals surface area contributed by atoms with Crippen LogP contribution in [0.5, 0.6) is 5.75 Å². The van der Waals surface area contributed by atoms with E-state index < -0.39 is 0 Å². The zero-order valence-corrected chi connectivity index (χ0v) is 13.1. The molecule has 110 valence electrons. The van der Waals surface area contributed by atoms with E-state index in [1.807, 2.05) is 26.8 Å². The minimum absolute atomic E-state index is 0.0273. The first-order chi connectivity index (χ1) is 9.56. The first kappa shape index (κ1) is 15.3. The van der Waals surface area contributed by atoms with Crippen LogP contribution in [-0.2, 0) is 0 Å². The summed E-state index contributed by atoms with van der Waals surface area (Å²) in [6.45, 7) is 8.05. The maximum Gasteiger partial charge on any atom is 0.171 e. The molecule has 0 bridgehead atoms. The van der Waals surface area contributed by atoms with Gasteiger partial charge in [-0.25, -0.2) is 0 Å². The van der Waals surface area contributed by atoms with Gasteiger partial charge in [0.2, 0.25) is 0 Å². The van der Waals surface area contributed by atoms with E-state index in [2.05, 4.69) is 5.32 Å². The summed E-state index contributed by atoms with van der Waals surface area (Å²) in [5, 5.41) is 3.93.